The van der Waals surface area contributed by atoms with Gasteiger partial charge in [-0.05, 0) is 30.6 Å². The molecule has 0 heterocycles. The maximum absolute atomic E-state index is 11.4. The molecule has 2 nitrogen and oxygen atoms in total. The average Bonchev–Trinajstić information content (AvgIpc) is 2.37. The highest BCUT2D eigenvalue weighted by molar-refractivity contribution is 5.88. The van der Waals surface area contributed by atoms with Crippen LogP contribution in [0, 0.1) is 17.3 Å². The highest BCUT2D eigenvalue weighted by atomic mass is 16.3. The first kappa shape index (κ1) is 8.24. The fraction of sp³-hybridized carbons (Fsp3) is 0.900. The van der Waals surface area contributed by atoms with Gasteiger partial charge in [0.2, 0.25) is 0 Å². The van der Waals surface area contributed by atoms with Crippen LogP contribution in [0.4, 0.5) is 0 Å². The van der Waals surface area contributed by atoms with Gasteiger partial charge in [-0.15, -0.1) is 0 Å². The maximum atomic E-state index is 11.4. The van der Waals surface area contributed by atoms with Gasteiger partial charge in [-0.3, -0.25) is 4.79 Å². The zero-order chi connectivity index (χ0) is 9.15. The minimum atomic E-state index is -1.03. The summed E-state index contributed by atoms with van der Waals surface area (Å²) in [6, 6.07) is 0. The van der Waals surface area contributed by atoms with E-state index >= 15 is 0 Å². The summed E-state index contributed by atoms with van der Waals surface area (Å²) in [4.78, 5) is 11.4. The summed E-state index contributed by atoms with van der Waals surface area (Å²) in [6.07, 6.45) is 1.26. The molecule has 2 saturated carbocycles. The lowest BCUT2D eigenvalue weighted by Gasteiger charge is -2.25. The van der Waals surface area contributed by atoms with Gasteiger partial charge in [0, 0.05) is 6.42 Å². The van der Waals surface area contributed by atoms with Crippen molar-refractivity contribution < 1.29 is 9.90 Å². The van der Waals surface area contributed by atoms with Crippen molar-refractivity contribution in [3.8, 4) is 0 Å². The Balaban J connectivity index is 2.19. The second kappa shape index (κ2) is 1.92. The molecule has 2 aliphatic carbocycles. The van der Waals surface area contributed by atoms with E-state index in [9.17, 15) is 9.90 Å². The molecule has 0 radical (unpaired) electrons. The molecule has 68 valence electrons. The van der Waals surface area contributed by atoms with Crippen LogP contribution in [0.3, 0.4) is 0 Å². The molecular formula is C10H16O2. The Kier molecular flexibility index (Phi) is 1.32. The molecule has 12 heavy (non-hydrogen) atoms. The number of carbonyl (C=O) groups excluding carboxylic acids is 1. The highest BCUT2D eigenvalue weighted by Crippen LogP contribution is 2.65. The van der Waals surface area contributed by atoms with Gasteiger partial charge in [-0.1, -0.05) is 13.8 Å². The Morgan fingerprint density at radius 1 is 1.33 bits per heavy atom. The smallest absolute Gasteiger partial charge is 0.164 e. The van der Waals surface area contributed by atoms with Crippen LogP contribution in [0.15, 0.2) is 0 Å². The summed E-state index contributed by atoms with van der Waals surface area (Å²) in [5.74, 6) is 1.16. The second-order valence-electron chi connectivity index (χ2n) is 5.14. The van der Waals surface area contributed by atoms with E-state index in [-0.39, 0.29) is 5.78 Å². The summed E-state index contributed by atoms with van der Waals surface area (Å²) in [5.41, 5.74) is -0.731. The van der Waals surface area contributed by atoms with Gasteiger partial charge in [0.15, 0.2) is 5.78 Å². The van der Waals surface area contributed by atoms with Crippen LogP contribution in [0.2, 0.25) is 0 Å². The van der Waals surface area contributed by atoms with Crippen molar-refractivity contribution in [3.63, 3.8) is 0 Å². The van der Waals surface area contributed by atoms with Gasteiger partial charge in [-0.2, -0.15) is 0 Å². The van der Waals surface area contributed by atoms with E-state index < -0.39 is 5.60 Å². The van der Waals surface area contributed by atoms with Crippen LogP contribution >= 0.6 is 0 Å². The molecule has 0 spiro atoms. The van der Waals surface area contributed by atoms with E-state index in [1.165, 1.54) is 0 Å². The molecule has 0 amide bonds. The largest absolute Gasteiger partial charge is 0.382 e. The topological polar surface area (TPSA) is 37.3 Å². The zero-order valence-electron chi connectivity index (χ0n) is 7.92. The predicted octanol–water partition coefficient (Wildman–Crippen LogP) is 1.37. The number of fused-ring (bicyclic) bond motifs is 1. The molecular weight excluding hydrogens is 152 g/mol. The fourth-order valence-corrected chi connectivity index (χ4v) is 2.63. The summed E-state index contributed by atoms with van der Waals surface area (Å²) < 4.78 is 0. The van der Waals surface area contributed by atoms with Gasteiger partial charge in [-0.25, -0.2) is 0 Å². The Hall–Kier alpha value is -0.370. The van der Waals surface area contributed by atoms with Gasteiger partial charge in [0.25, 0.3) is 0 Å². The maximum Gasteiger partial charge on any atom is 0.164 e. The van der Waals surface area contributed by atoms with Crippen LogP contribution in [0.5, 0.6) is 0 Å². The van der Waals surface area contributed by atoms with Crippen molar-refractivity contribution in [1.82, 2.24) is 0 Å². The van der Waals surface area contributed by atoms with Crippen molar-refractivity contribution in [2.24, 2.45) is 17.3 Å². The molecule has 0 aromatic carbocycles. The number of hydrogen-bond acceptors (Lipinski definition) is 2. The minimum absolute atomic E-state index is 0.0364. The Labute approximate surface area is 73.0 Å². The lowest BCUT2D eigenvalue weighted by Crippen LogP contribution is -2.38. The highest BCUT2D eigenvalue weighted by Gasteiger charge is 2.63. The normalized spacial score (nSPS) is 50.2. The first-order valence-corrected chi connectivity index (χ1v) is 4.61. The Morgan fingerprint density at radius 3 is 2.42 bits per heavy atom. The number of aliphatic hydroxyl groups is 1. The van der Waals surface area contributed by atoms with Crippen LogP contribution in [-0.2, 0) is 4.79 Å². The molecule has 2 fully saturated rings. The number of Topliss-reactive ketones (excluding diaryl/α,β-unsaturated/α-hetero) is 1. The molecule has 2 aliphatic rings. The number of carbonyl (C=O) groups is 1. The van der Waals surface area contributed by atoms with Crippen LogP contribution < -0.4 is 0 Å². The summed E-state index contributed by atoms with van der Waals surface area (Å²) >= 11 is 0. The first-order chi connectivity index (χ1) is 5.36. The lowest BCUT2D eigenvalue weighted by atomic mass is 9.85. The van der Waals surface area contributed by atoms with Crippen molar-refractivity contribution in [1.29, 1.82) is 0 Å². The molecule has 0 saturated heterocycles. The van der Waals surface area contributed by atoms with E-state index in [2.05, 4.69) is 13.8 Å². The quantitative estimate of drug-likeness (QED) is 0.593. The van der Waals surface area contributed by atoms with Crippen molar-refractivity contribution in [2.75, 3.05) is 0 Å². The van der Waals surface area contributed by atoms with Crippen molar-refractivity contribution in [3.05, 3.63) is 0 Å². The summed E-state index contributed by atoms with van der Waals surface area (Å²) in [7, 11) is 0. The van der Waals surface area contributed by atoms with Gasteiger partial charge >= 0.3 is 0 Å². The standard InChI is InChI=1S/C10H16O2/c1-9(2)6-4-8(11)10(3,12)5-7(6)9/h6-7,12H,4-5H2,1-3H3/t6-,7+,10+/m0/s1. The summed E-state index contributed by atoms with van der Waals surface area (Å²) in [5, 5.41) is 9.72. The Morgan fingerprint density at radius 2 is 1.92 bits per heavy atom. The minimum Gasteiger partial charge on any atom is -0.382 e. The third-order valence-corrected chi connectivity index (χ3v) is 3.91. The van der Waals surface area contributed by atoms with Crippen LogP contribution in [0.25, 0.3) is 0 Å². The Bertz CT molecular complexity index is 240. The van der Waals surface area contributed by atoms with Crippen LogP contribution in [0.1, 0.15) is 33.6 Å². The molecule has 1 N–H and O–H groups in total. The van der Waals surface area contributed by atoms with Crippen molar-refractivity contribution in [2.45, 2.75) is 39.2 Å². The summed E-state index contributed by atoms with van der Waals surface area (Å²) in [6.45, 7) is 6.04. The third kappa shape index (κ3) is 0.875. The number of rotatable bonds is 0. The lowest BCUT2D eigenvalue weighted by molar-refractivity contribution is -0.139. The van der Waals surface area contributed by atoms with Gasteiger partial charge in [0.05, 0.1) is 0 Å². The van der Waals surface area contributed by atoms with E-state index in [1.807, 2.05) is 0 Å². The third-order valence-electron chi connectivity index (χ3n) is 3.91. The SMILES string of the molecule is CC1(C)[C@@H]2C[C@@](C)(O)C(=O)C[C@@H]21. The molecule has 0 unspecified atom stereocenters. The van der Waals surface area contributed by atoms with Gasteiger partial charge < -0.3 is 5.11 Å². The molecule has 0 aromatic heterocycles. The van der Waals surface area contributed by atoms with E-state index in [1.54, 1.807) is 6.92 Å². The molecule has 3 atom stereocenters. The average molecular weight is 168 g/mol. The van der Waals surface area contributed by atoms with Crippen LogP contribution in [-0.4, -0.2) is 16.5 Å². The monoisotopic (exact) mass is 168 g/mol. The number of hydrogen-bond donors (Lipinski definition) is 1. The van der Waals surface area contributed by atoms with Gasteiger partial charge in [0.1, 0.15) is 5.60 Å². The molecule has 0 aliphatic heterocycles. The second-order valence-corrected chi connectivity index (χ2v) is 5.14. The molecule has 2 heteroatoms. The van der Waals surface area contributed by atoms with E-state index in [0.717, 1.165) is 0 Å². The molecule has 0 aromatic rings. The zero-order valence-corrected chi connectivity index (χ0v) is 7.92. The first-order valence-electron chi connectivity index (χ1n) is 4.61. The van der Waals surface area contributed by atoms with E-state index in [4.69, 9.17) is 0 Å². The number of ketones is 1. The van der Waals surface area contributed by atoms with Crippen molar-refractivity contribution >= 4 is 5.78 Å². The molecule has 0 bridgehead atoms. The van der Waals surface area contributed by atoms with E-state index in [0.29, 0.717) is 30.1 Å². The predicted molar refractivity (Wildman–Crippen MR) is 45.6 cm³/mol. The fourth-order valence-electron chi connectivity index (χ4n) is 2.63. The molecule has 2 rings (SSSR count).